The minimum atomic E-state index is 0. The highest BCUT2D eigenvalue weighted by Gasteiger charge is 2.28. The Bertz CT molecular complexity index is 365. The van der Waals surface area contributed by atoms with E-state index in [1.165, 1.54) is 38.4 Å². The summed E-state index contributed by atoms with van der Waals surface area (Å²) in [5.41, 5.74) is 1.60. The molecular formula is C12H20Cl2N2S2. The molecule has 0 bridgehead atoms. The molecule has 0 N–H and O–H groups in total. The fourth-order valence-corrected chi connectivity index (χ4v) is 4.87. The molecule has 1 unspecified atom stereocenters. The Hall–Kier alpha value is 0.550. The number of rotatable bonds is 1. The van der Waals surface area contributed by atoms with Crippen LogP contribution in [0.15, 0.2) is 15.7 Å². The number of halogens is 2. The summed E-state index contributed by atoms with van der Waals surface area (Å²) in [5, 5.41) is 2.26. The van der Waals surface area contributed by atoms with E-state index in [1.54, 1.807) is 9.77 Å². The summed E-state index contributed by atoms with van der Waals surface area (Å²) in [6.45, 7) is 4.93. The lowest BCUT2D eigenvalue weighted by atomic mass is 10.0. The van der Waals surface area contributed by atoms with Gasteiger partial charge in [0.25, 0.3) is 0 Å². The molecule has 2 nitrogen and oxygen atoms in total. The average molecular weight is 327 g/mol. The molecule has 2 aliphatic heterocycles. The molecule has 0 spiro atoms. The van der Waals surface area contributed by atoms with Crippen LogP contribution in [0.5, 0.6) is 0 Å². The molecule has 18 heavy (non-hydrogen) atoms. The lowest BCUT2D eigenvalue weighted by Crippen LogP contribution is -2.46. The monoisotopic (exact) mass is 326 g/mol. The zero-order valence-corrected chi connectivity index (χ0v) is 13.8. The van der Waals surface area contributed by atoms with E-state index in [2.05, 4.69) is 28.3 Å². The highest BCUT2D eigenvalue weighted by atomic mass is 35.5. The second-order valence-corrected chi connectivity index (χ2v) is 6.94. The highest BCUT2D eigenvalue weighted by Crippen LogP contribution is 2.42. The number of hydrogen-bond acceptors (Lipinski definition) is 4. The zero-order valence-electron chi connectivity index (χ0n) is 10.5. The van der Waals surface area contributed by atoms with E-state index >= 15 is 0 Å². The van der Waals surface area contributed by atoms with Crippen molar-refractivity contribution < 1.29 is 0 Å². The van der Waals surface area contributed by atoms with E-state index in [0.717, 1.165) is 0 Å². The maximum atomic E-state index is 2.69. The standard InChI is InChI=1S/C12H18N2S2.2ClH/c1-13-4-6-14(7-5-13)11-3-9-16-12-10(11)2-8-15-12;;/h2,8,11H,3-7,9H2,1H3;2*1H. The van der Waals surface area contributed by atoms with Gasteiger partial charge in [0, 0.05) is 38.0 Å². The SMILES string of the molecule is CN1CCN(C2CCSc3sccc32)CC1.Cl.Cl. The molecular weight excluding hydrogens is 307 g/mol. The van der Waals surface area contributed by atoms with Crippen molar-refractivity contribution in [2.45, 2.75) is 16.7 Å². The second-order valence-electron chi connectivity index (χ2n) is 4.66. The highest BCUT2D eigenvalue weighted by molar-refractivity contribution is 8.01. The molecule has 3 heterocycles. The molecule has 0 aliphatic carbocycles. The Morgan fingerprint density at radius 2 is 1.89 bits per heavy atom. The molecule has 1 aromatic heterocycles. The number of piperazine rings is 1. The third-order valence-corrected chi connectivity index (χ3v) is 5.92. The van der Waals surface area contributed by atoms with E-state index in [-0.39, 0.29) is 24.8 Å². The van der Waals surface area contributed by atoms with Crippen molar-refractivity contribution in [3.8, 4) is 0 Å². The van der Waals surface area contributed by atoms with Gasteiger partial charge in [0.2, 0.25) is 0 Å². The first-order valence-corrected chi connectivity index (χ1v) is 7.84. The fraction of sp³-hybridized carbons (Fsp3) is 0.667. The van der Waals surface area contributed by atoms with Gasteiger partial charge in [-0.2, -0.15) is 0 Å². The van der Waals surface area contributed by atoms with Crippen LogP contribution in [0.4, 0.5) is 0 Å². The van der Waals surface area contributed by atoms with Crippen LogP contribution >= 0.6 is 47.9 Å². The van der Waals surface area contributed by atoms with Crippen LogP contribution in [0.2, 0.25) is 0 Å². The summed E-state index contributed by atoms with van der Waals surface area (Å²) in [6.07, 6.45) is 1.33. The van der Waals surface area contributed by atoms with Gasteiger partial charge in [-0.1, -0.05) is 0 Å². The lowest BCUT2D eigenvalue weighted by Gasteiger charge is -2.39. The summed E-state index contributed by atoms with van der Waals surface area (Å²) in [7, 11) is 2.23. The van der Waals surface area contributed by atoms with Gasteiger partial charge in [0.05, 0.1) is 4.21 Å². The fourth-order valence-electron chi connectivity index (χ4n) is 2.60. The van der Waals surface area contributed by atoms with Gasteiger partial charge in [0.1, 0.15) is 0 Å². The van der Waals surface area contributed by atoms with Crippen molar-refractivity contribution in [2.24, 2.45) is 0 Å². The van der Waals surface area contributed by atoms with Gasteiger partial charge in [-0.3, -0.25) is 4.90 Å². The Morgan fingerprint density at radius 3 is 2.61 bits per heavy atom. The number of fused-ring (bicyclic) bond motifs is 1. The van der Waals surface area contributed by atoms with Crippen LogP contribution in [0.3, 0.4) is 0 Å². The van der Waals surface area contributed by atoms with Crippen molar-refractivity contribution in [1.29, 1.82) is 0 Å². The first-order chi connectivity index (χ1) is 7.84. The number of thiophene rings is 1. The van der Waals surface area contributed by atoms with Gasteiger partial charge in [-0.05, 0) is 30.5 Å². The van der Waals surface area contributed by atoms with Crippen LogP contribution < -0.4 is 0 Å². The number of likely N-dealkylation sites (N-methyl/N-ethyl adjacent to an activating group) is 1. The molecule has 0 radical (unpaired) electrons. The predicted molar refractivity (Wildman–Crippen MR) is 86.0 cm³/mol. The predicted octanol–water partition coefficient (Wildman–Crippen LogP) is 3.38. The molecule has 3 rings (SSSR count). The molecule has 1 aromatic rings. The van der Waals surface area contributed by atoms with Gasteiger partial charge in [0.15, 0.2) is 0 Å². The molecule has 104 valence electrons. The summed E-state index contributed by atoms with van der Waals surface area (Å²) in [4.78, 5) is 5.12. The average Bonchev–Trinajstić information content (AvgIpc) is 2.78. The summed E-state index contributed by atoms with van der Waals surface area (Å²) >= 11 is 3.96. The molecule has 0 saturated carbocycles. The molecule has 6 heteroatoms. The third kappa shape index (κ3) is 3.35. The number of nitrogens with zero attached hydrogens (tertiary/aromatic N) is 2. The molecule has 1 fully saturated rings. The van der Waals surface area contributed by atoms with Crippen molar-refractivity contribution in [3.05, 3.63) is 17.0 Å². The van der Waals surface area contributed by atoms with E-state index < -0.39 is 0 Å². The summed E-state index contributed by atoms with van der Waals surface area (Å²) < 4.78 is 1.56. The van der Waals surface area contributed by atoms with Crippen molar-refractivity contribution in [3.63, 3.8) is 0 Å². The topological polar surface area (TPSA) is 6.48 Å². The van der Waals surface area contributed by atoms with Crippen molar-refractivity contribution in [1.82, 2.24) is 9.80 Å². The summed E-state index contributed by atoms with van der Waals surface area (Å²) in [5.74, 6) is 1.30. The molecule has 2 aliphatic rings. The third-order valence-electron chi connectivity index (χ3n) is 3.62. The molecule has 0 aromatic carbocycles. The van der Waals surface area contributed by atoms with E-state index in [4.69, 9.17) is 0 Å². The van der Waals surface area contributed by atoms with Gasteiger partial charge >= 0.3 is 0 Å². The molecule has 1 saturated heterocycles. The van der Waals surface area contributed by atoms with Crippen LogP contribution in [0, 0.1) is 0 Å². The lowest BCUT2D eigenvalue weighted by molar-refractivity contribution is 0.108. The van der Waals surface area contributed by atoms with Crippen LogP contribution in [0.1, 0.15) is 18.0 Å². The van der Waals surface area contributed by atoms with E-state index in [9.17, 15) is 0 Å². The van der Waals surface area contributed by atoms with Crippen molar-refractivity contribution in [2.75, 3.05) is 39.0 Å². The molecule has 1 atom stereocenters. The Balaban J connectivity index is 0.000000810. The van der Waals surface area contributed by atoms with Gasteiger partial charge in [-0.15, -0.1) is 47.9 Å². The maximum Gasteiger partial charge on any atom is 0.0646 e. The summed E-state index contributed by atoms with van der Waals surface area (Å²) in [6, 6.07) is 3.05. The first-order valence-electron chi connectivity index (χ1n) is 5.97. The largest absolute Gasteiger partial charge is 0.304 e. The number of thioether (sulfide) groups is 1. The Morgan fingerprint density at radius 1 is 1.17 bits per heavy atom. The smallest absolute Gasteiger partial charge is 0.0646 e. The van der Waals surface area contributed by atoms with Crippen molar-refractivity contribution >= 4 is 47.9 Å². The Labute approximate surface area is 130 Å². The van der Waals surface area contributed by atoms with Gasteiger partial charge < -0.3 is 4.90 Å². The van der Waals surface area contributed by atoms with Crippen LogP contribution in [-0.4, -0.2) is 48.8 Å². The minimum absolute atomic E-state index is 0. The maximum absolute atomic E-state index is 2.69. The van der Waals surface area contributed by atoms with Crippen LogP contribution in [-0.2, 0) is 0 Å². The second kappa shape index (κ2) is 7.36. The quantitative estimate of drug-likeness (QED) is 0.781. The van der Waals surface area contributed by atoms with Gasteiger partial charge in [-0.25, -0.2) is 0 Å². The Kier molecular flexibility index (Phi) is 6.79. The number of hydrogen-bond donors (Lipinski definition) is 0. The van der Waals surface area contributed by atoms with E-state index in [0.29, 0.717) is 6.04 Å². The zero-order chi connectivity index (χ0) is 11.0. The first kappa shape index (κ1) is 16.6. The minimum Gasteiger partial charge on any atom is -0.304 e. The normalized spacial score (nSPS) is 24.8. The van der Waals surface area contributed by atoms with E-state index in [1.807, 2.05) is 23.1 Å². The van der Waals surface area contributed by atoms with Crippen LogP contribution in [0.25, 0.3) is 0 Å². The molecule has 0 amide bonds.